The van der Waals surface area contributed by atoms with Crippen LogP contribution in [0.3, 0.4) is 0 Å². The molecule has 1 amide bonds. The van der Waals surface area contributed by atoms with Crippen molar-refractivity contribution in [2.75, 3.05) is 5.32 Å². The maximum atomic E-state index is 12.3. The van der Waals surface area contributed by atoms with E-state index in [-0.39, 0.29) is 16.1 Å². The fraction of sp³-hybridized carbons (Fsp3) is 0.188. The van der Waals surface area contributed by atoms with Gasteiger partial charge in [-0.3, -0.25) is 4.79 Å². The molecule has 0 radical (unpaired) electrons. The Labute approximate surface area is 153 Å². The first kappa shape index (κ1) is 16.0. The number of amides is 1. The summed E-state index contributed by atoms with van der Waals surface area (Å²) in [6.07, 6.45) is 3.58. The summed E-state index contributed by atoms with van der Waals surface area (Å²) in [6, 6.07) is 9.20. The molecule has 1 aliphatic rings. The van der Waals surface area contributed by atoms with Crippen molar-refractivity contribution in [1.29, 1.82) is 0 Å². The summed E-state index contributed by atoms with van der Waals surface area (Å²) in [5.74, 6) is 0.413. The number of pyridine rings is 1. The monoisotopic (exact) mass is 374 g/mol. The lowest BCUT2D eigenvalue weighted by molar-refractivity contribution is 0.102. The molecule has 126 valence electrons. The second-order valence-electron chi connectivity index (χ2n) is 5.71. The molecule has 0 spiro atoms. The Hall–Kier alpha value is -2.51. The van der Waals surface area contributed by atoms with Crippen molar-refractivity contribution in [2.45, 2.75) is 18.9 Å². The van der Waals surface area contributed by atoms with E-state index in [1.54, 1.807) is 12.1 Å². The van der Waals surface area contributed by atoms with E-state index >= 15 is 0 Å². The molecule has 9 heteroatoms. The average molecular weight is 375 g/mol. The molecule has 2 heterocycles. The van der Waals surface area contributed by atoms with Crippen LogP contribution >= 0.6 is 23.2 Å². The summed E-state index contributed by atoms with van der Waals surface area (Å²) >= 11 is 11.6. The Balaban J connectivity index is 1.51. The first-order valence-electron chi connectivity index (χ1n) is 7.62. The van der Waals surface area contributed by atoms with Gasteiger partial charge in [0, 0.05) is 17.4 Å². The number of hydrogen-bond acceptors (Lipinski definition) is 5. The van der Waals surface area contributed by atoms with Crippen molar-refractivity contribution in [2.24, 2.45) is 0 Å². The number of halogens is 2. The number of nitrogens with one attached hydrogen (secondary N) is 1. The Morgan fingerprint density at radius 1 is 1.20 bits per heavy atom. The number of aromatic nitrogens is 5. The molecule has 0 atom stereocenters. The maximum absolute atomic E-state index is 12.3. The maximum Gasteiger partial charge on any atom is 0.257 e. The second-order valence-corrected chi connectivity index (χ2v) is 6.47. The summed E-state index contributed by atoms with van der Waals surface area (Å²) in [5, 5.41) is 15.1. The van der Waals surface area contributed by atoms with Crippen molar-refractivity contribution >= 4 is 34.8 Å². The van der Waals surface area contributed by atoms with E-state index in [9.17, 15) is 4.79 Å². The van der Waals surface area contributed by atoms with Crippen LogP contribution in [-0.2, 0) is 0 Å². The van der Waals surface area contributed by atoms with E-state index in [2.05, 4.69) is 25.8 Å². The third kappa shape index (κ3) is 3.33. The highest BCUT2D eigenvalue weighted by molar-refractivity contribution is 6.41. The summed E-state index contributed by atoms with van der Waals surface area (Å²) in [6.45, 7) is 0. The van der Waals surface area contributed by atoms with E-state index in [0.29, 0.717) is 17.3 Å². The first-order valence-corrected chi connectivity index (χ1v) is 8.38. The van der Waals surface area contributed by atoms with Gasteiger partial charge in [-0.15, -0.1) is 5.10 Å². The molecule has 3 aromatic rings. The van der Waals surface area contributed by atoms with E-state index in [1.807, 2.05) is 16.8 Å². The van der Waals surface area contributed by atoms with Gasteiger partial charge in [-0.25, -0.2) is 9.67 Å². The largest absolute Gasteiger partial charge is 0.322 e. The quantitative estimate of drug-likeness (QED) is 0.704. The summed E-state index contributed by atoms with van der Waals surface area (Å²) in [4.78, 5) is 16.1. The number of hydrogen-bond donors (Lipinski definition) is 1. The standard InChI is InChI=1S/C16H12Cl2N6O/c17-13-7-10(8-19-14(13)18)16(25)20-11-3-1-9(2-4-11)15-21-22-23-24(15)12-5-6-12/h1-4,7-8,12H,5-6H2,(H,20,25). The smallest absolute Gasteiger partial charge is 0.257 e. The molecule has 0 aliphatic heterocycles. The van der Waals surface area contributed by atoms with Gasteiger partial charge in [0.25, 0.3) is 5.91 Å². The Morgan fingerprint density at radius 3 is 2.64 bits per heavy atom. The first-order chi connectivity index (χ1) is 12.1. The van der Waals surface area contributed by atoms with E-state index in [4.69, 9.17) is 23.2 Å². The lowest BCUT2D eigenvalue weighted by atomic mass is 10.2. The summed E-state index contributed by atoms with van der Waals surface area (Å²) in [7, 11) is 0. The highest BCUT2D eigenvalue weighted by atomic mass is 35.5. The minimum atomic E-state index is -0.318. The highest BCUT2D eigenvalue weighted by Gasteiger charge is 2.28. The molecule has 1 saturated carbocycles. The van der Waals surface area contributed by atoms with Gasteiger partial charge in [0.15, 0.2) is 5.82 Å². The molecule has 25 heavy (non-hydrogen) atoms. The number of carbonyl (C=O) groups is 1. The molecule has 0 saturated heterocycles. The van der Waals surface area contributed by atoms with E-state index in [0.717, 1.165) is 24.2 Å². The number of nitrogens with zero attached hydrogens (tertiary/aromatic N) is 5. The number of tetrazole rings is 1. The molecular formula is C16H12Cl2N6O. The predicted molar refractivity (Wildman–Crippen MR) is 93.7 cm³/mol. The van der Waals surface area contributed by atoms with Crippen LogP contribution in [0.4, 0.5) is 5.69 Å². The lowest BCUT2D eigenvalue weighted by Crippen LogP contribution is -2.12. The zero-order valence-corrected chi connectivity index (χ0v) is 14.4. The molecule has 0 bridgehead atoms. The van der Waals surface area contributed by atoms with Gasteiger partial charge in [0.05, 0.1) is 16.6 Å². The number of benzene rings is 1. The summed E-state index contributed by atoms with van der Waals surface area (Å²) in [5.41, 5.74) is 1.87. The van der Waals surface area contributed by atoms with E-state index in [1.165, 1.54) is 12.3 Å². The van der Waals surface area contributed by atoms with Gasteiger partial charge < -0.3 is 5.32 Å². The van der Waals surface area contributed by atoms with Gasteiger partial charge >= 0.3 is 0 Å². The molecular weight excluding hydrogens is 363 g/mol. The SMILES string of the molecule is O=C(Nc1ccc(-c2nnnn2C2CC2)cc1)c1cnc(Cl)c(Cl)c1. The number of carbonyl (C=O) groups excluding carboxylic acids is 1. The minimum Gasteiger partial charge on any atom is -0.322 e. The summed E-state index contributed by atoms with van der Waals surface area (Å²) < 4.78 is 1.84. The van der Waals surface area contributed by atoms with Gasteiger partial charge in [0.2, 0.25) is 0 Å². The fourth-order valence-corrected chi connectivity index (χ4v) is 2.67. The number of anilines is 1. The molecule has 1 aromatic carbocycles. The fourth-order valence-electron chi connectivity index (χ4n) is 2.40. The van der Waals surface area contributed by atoms with Crippen LogP contribution in [0.25, 0.3) is 11.4 Å². The van der Waals surface area contributed by atoms with Crippen molar-refractivity contribution < 1.29 is 4.79 Å². The predicted octanol–water partition coefficient (Wildman–Crippen LogP) is 3.63. The molecule has 0 unspecified atom stereocenters. The zero-order chi connectivity index (χ0) is 17.4. The second kappa shape index (κ2) is 6.42. The van der Waals surface area contributed by atoms with Crippen LogP contribution < -0.4 is 5.32 Å². The third-order valence-electron chi connectivity index (χ3n) is 3.84. The van der Waals surface area contributed by atoms with Crippen molar-refractivity contribution in [3.8, 4) is 11.4 Å². The van der Waals surface area contributed by atoms with Crippen LogP contribution in [0.1, 0.15) is 29.2 Å². The van der Waals surface area contributed by atoms with Gasteiger partial charge in [-0.05, 0) is 53.6 Å². The molecule has 2 aromatic heterocycles. The topological polar surface area (TPSA) is 85.6 Å². The van der Waals surface area contributed by atoms with Gasteiger partial charge in [0.1, 0.15) is 5.15 Å². The van der Waals surface area contributed by atoms with E-state index < -0.39 is 0 Å². The Morgan fingerprint density at radius 2 is 1.96 bits per heavy atom. The van der Waals surface area contributed by atoms with Crippen molar-refractivity contribution in [3.05, 3.63) is 52.3 Å². The van der Waals surface area contributed by atoms with Crippen LogP contribution in [-0.4, -0.2) is 31.1 Å². The molecule has 1 aliphatic carbocycles. The van der Waals surface area contributed by atoms with Gasteiger partial charge in [-0.1, -0.05) is 23.2 Å². The van der Waals surface area contributed by atoms with Crippen LogP contribution in [0.15, 0.2) is 36.5 Å². The molecule has 1 N–H and O–H groups in total. The third-order valence-corrected chi connectivity index (χ3v) is 4.53. The van der Waals surface area contributed by atoms with Gasteiger partial charge in [-0.2, -0.15) is 0 Å². The normalized spacial score (nSPS) is 13.7. The Bertz CT molecular complexity index is 936. The molecule has 1 fully saturated rings. The zero-order valence-electron chi connectivity index (χ0n) is 12.9. The molecule has 7 nitrogen and oxygen atoms in total. The lowest BCUT2D eigenvalue weighted by Gasteiger charge is -2.07. The van der Waals surface area contributed by atoms with Crippen molar-refractivity contribution in [1.82, 2.24) is 25.2 Å². The van der Waals surface area contributed by atoms with Crippen LogP contribution in [0.5, 0.6) is 0 Å². The Kier molecular flexibility index (Phi) is 4.10. The van der Waals surface area contributed by atoms with Crippen molar-refractivity contribution in [3.63, 3.8) is 0 Å². The van der Waals surface area contributed by atoms with Crippen LogP contribution in [0, 0.1) is 0 Å². The average Bonchev–Trinajstić information content (AvgIpc) is 3.35. The minimum absolute atomic E-state index is 0.163. The highest BCUT2D eigenvalue weighted by Crippen LogP contribution is 2.36. The van der Waals surface area contributed by atoms with Crippen LogP contribution in [0.2, 0.25) is 10.2 Å². The number of rotatable bonds is 4. The molecule has 4 rings (SSSR count).